The minimum Gasteiger partial charge on any atom is -0.377 e. The molecular formula is C11H22N4O. The Kier molecular flexibility index (Phi) is 4.04. The van der Waals surface area contributed by atoms with E-state index < -0.39 is 0 Å². The lowest BCUT2D eigenvalue weighted by Gasteiger charge is -2.30. The van der Waals surface area contributed by atoms with Gasteiger partial charge < -0.3 is 10.5 Å². The largest absolute Gasteiger partial charge is 0.377 e. The zero-order chi connectivity index (χ0) is 12.3. The summed E-state index contributed by atoms with van der Waals surface area (Å²) >= 11 is 0. The first-order chi connectivity index (χ1) is 7.38. The highest BCUT2D eigenvalue weighted by atomic mass is 16.5. The van der Waals surface area contributed by atoms with Crippen molar-refractivity contribution < 1.29 is 4.74 Å². The first kappa shape index (κ1) is 13.1. The van der Waals surface area contributed by atoms with Gasteiger partial charge in [0.1, 0.15) is 12.2 Å². The molecule has 16 heavy (non-hydrogen) atoms. The standard InChI is InChI=1S/C11H22N4O/c1-8(2)15-10(13-7-14-15)6-9(12)11(3,4)16-5/h7-9H,6,12H2,1-5H3. The second kappa shape index (κ2) is 4.93. The lowest BCUT2D eigenvalue weighted by molar-refractivity contribution is 0.0000409. The Hall–Kier alpha value is -0.940. The molecule has 1 rings (SSSR count). The predicted octanol–water partition coefficient (Wildman–Crippen LogP) is 1.15. The van der Waals surface area contributed by atoms with Crippen molar-refractivity contribution in [1.29, 1.82) is 0 Å². The number of hydrogen-bond acceptors (Lipinski definition) is 4. The normalized spacial score (nSPS) is 14.4. The molecule has 0 amide bonds. The van der Waals surface area contributed by atoms with Crippen LogP contribution < -0.4 is 5.73 Å². The third kappa shape index (κ3) is 2.80. The molecule has 5 nitrogen and oxygen atoms in total. The highest BCUT2D eigenvalue weighted by Crippen LogP contribution is 2.16. The van der Waals surface area contributed by atoms with Crippen LogP contribution in [0, 0.1) is 0 Å². The number of rotatable bonds is 5. The Bertz CT molecular complexity index is 332. The maximum absolute atomic E-state index is 6.12. The van der Waals surface area contributed by atoms with E-state index in [0.717, 1.165) is 5.82 Å². The van der Waals surface area contributed by atoms with E-state index >= 15 is 0 Å². The van der Waals surface area contributed by atoms with Crippen LogP contribution in [-0.2, 0) is 11.2 Å². The van der Waals surface area contributed by atoms with Gasteiger partial charge in [0, 0.05) is 25.6 Å². The lowest BCUT2D eigenvalue weighted by atomic mass is 9.96. The summed E-state index contributed by atoms with van der Waals surface area (Å²) in [4.78, 5) is 4.24. The number of methoxy groups -OCH3 is 1. The maximum Gasteiger partial charge on any atom is 0.138 e. The number of hydrogen-bond donors (Lipinski definition) is 1. The topological polar surface area (TPSA) is 66.0 Å². The van der Waals surface area contributed by atoms with Crippen LogP contribution in [0.3, 0.4) is 0 Å². The Balaban J connectivity index is 2.77. The molecule has 0 saturated carbocycles. The minimum atomic E-state index is -0.353. The van der Waals surface area contributed by atoms with Crippen molar-refractivity contribution >= 4 is 0 Å². The van der Waals surface area contributed by atoms with Gasteiger partial charge in [0.25, 0.3) is 0 Å². The minimum absolute atomic E-state index is 0.0980. The van der Waals surface area contributed by atoms with Gasteiger partial charge in [0.05, 0.1) is 5.60 Å². The van der Waals surface area contributed by atoms with E-state index in [4.69, 9.17) is 10.5 Å². The van der Waals surface area contributed by atoms with Gasteiger partial charge in [-0.3, -0.25) is 0 Å². The third-order valence-electron chi connectivity index (χ3n) is 2.96. The molecule has 0 aliphatic heterocycles. The Morgan fingerprint density at radius 1 is 1.50 bits per heavy atom. The molecule has 0 radical (unpaired) electrons. The number of nitrogens with zero attached hydrogens (tertiary/aromatic N) is 3. The van der Waals surface area contributed by atoms with Crippen molar-refractivity contribution in [1.82, 2.24) is 14.8 Å². The van der Waals surface area contributed by atoms with Crippen LogP contribution in [-0.4, -0.2) is 33.5 Å². The van der Waals surface area contributed by atoms with Crippen LogP contribution >= 0.6 is 0 Å². The third-order valence-corrected chi connectivity index (χ3v) is 2.96. The average molecular weight is 226 g/mol. The summed E-state index contributed by atoms with van der Waals surface area (Å²) in [5.74, 6) is 0.910. The van der Waals surface area contributed by atoms with E-state index in [9.17, 15) is 0 Å². The van der Waals surface area contributed by atoms with Gasteiger partial charge in [-0.25, -0.2) is 9.67 Å². The molecule has 1 heterocycles. The van der Waals surface area contributed by atoms with Crippen LogP contribution in [0.15, 0.2) is 6.33 Å². The molecule has 5 heteroatoms. The monoisotopic (exact) mass is 226 g/mol. The highest BCUT2D eigenvalue weighted by molar-refractivity contribution is 4.95. The van der Waals surface area contributed by atoms with E-state index in [-0.39, 0.29) is 11.6 Å². The van der Waals surface area contributed by atoms with Crippen LogP contribution in [0.25, 0.3) is 0 Å². The summed E-state index contributed by atoms with van der Waals surface area (Å²) in [7, 11) is 1.67. The summed E-state index contributed by atoms with van der Waals surface area (Å²) in [5, 5.41) is 4.19. The van der Waals surface area contributed by atoms with Crippen LogP contribution in [0.2, 0.25) is 0 Å². The molecule has 1 unspecified atom stereocenters. The molecule has 0 aliphatic rings. The summed E-state index contributed by atoms with van der Waals surface area (Å²) in [6, 6.07) is 0.203. The molecule has 0 aromatic carbocycles. The zero-order valence-electron chi connectivity index (χ0n) is 10.8. The van der Waals surface area contributed by atoms with E-state index in [1.807, 2.05) is 18.5 Å². The summed E-state index contributed by atoms with van der Waals surface area (Å²) in [6.45, 7) is 8.11. The number of ether oxygens (including phenoxy) is 1. The van der Waals surface area contributed by atoms with Crippen molar-refractivity contribution in [2.24, 2.45) is 5.73 Å². The van der Waals surface area contributed by atoms with E-state index in [0.29, 0.717) is 12.5 Å². The molecule has 0 aliphatic carbocycles. The SMILES string of the molecule is COC(C)(C)C(N)Cc1ncnn1C(C)C. The van der Waals surface area contributed by atoms with Crippen molar-refractivity contribution in [3.05, 3.63) is 12.2 Å². The van der Waals surface area contributed by atoms with Gasteiger partial charge in [-0.2, -0.15) is 5.10 Å². The van der Waals surface area contributed by atoms with E-state index in [2.05, 4.69) is 23.9 Å². The van der Waals surface area contributed by atoms with Gasteiger partial charge in [0.2, 0.25) is 0 Å². The Labute approximate surface area is 97.0 Å². The fourth-order valence-corrected chi connectivity index (χ4v) is 1.45. The van der Waals surface area contributed by atoms with Crippen molar-refractivity contribution in [2.75, 3.05) is 7.11 Å². The van der Waals surface area contributed by atoms with Crippen molar-refractivity contribution in [3.63, 3.8) is 0 Å². The summed E-state index contributed by atoms with van der Waals surface area (Å²) in [5.41, 5.74) is 5.76. The summed E-state index contributed by atoms with van der Waals surface area (Å²) < 4.78 is 7.26. The van der Waals surface area contributed by atoms with Crippen molar-refractivity contribution in [3.8, 4) is 0 Å². The molecular weight excluding hydrogens is 204 g/mol. The molecule has 1 aromatic rings. The number of aromatic nitrogens is 3. The second-order valence-electron chi connectivity index (χ2n) is 4.83. The lowest BCUT2D eigenvalue weighted by Crippen LogP contribution is -2.46. The first-order valence-corrected chi connectivity index (χ1v) is 5.57. The fourth-order valence-electron chi connectivity index (χ4n) is 1.45. The van der Waals surface area contributed by atoms with Gasteiger partial charge in [-0.05, 0) is 27.7 Å². The zero-order valence-corrected chi connectivity index (χ0v) is 10.8. The highest BCUT2D eigenvalue weighted by Gasteiger charge is 2.27. The molecule has 1 atom stereocenters. The van der Waals surface area contributed by atoms with Crippen LogP contribution in [0.5, 0.6) is 0 Å². The molecule has 0 fully saturated rings. The van der Waals surface area contributed by atoms with Crippen LogP contribution in [0.4, 0.5) is 0 Å². The maximum atomic E-state index is 6.12. The molecule has 0 saturated heterocycles. The fraction of sp³-hybridized carbons (Fsp3) is 0.818. The van der Waals surface area contributed by atoms with Crippen molar-refractivity contribution in [2.45, 2.75) is 51.8 Å². The van der Waals surface area contributed by atoms with Gasteiger partial charge >= 0.3 is 0 Å². The molecule has 2 N–H and O–H groups in total. The predicted molar refractivity (Wildman–Crippen MR) is 63.2 cm³/mol. The van der Waals surface area contributed by atoms with E-state index in [1.54, 1.807) is 13.4 Å². The smallest absolute Gasteiger partial charge is 0.138 e. The van der Waals surface area contributed by atoms with Gasteiger partial charge in [-0.1, -0.05) is 0 Å². The molecule has 1 aromatic heterocycles. The average Bonchev–Trinajstić information content (AvgIpc) is 2.65. The molecule has 0 spiro atoms. The second-order valence-corrected chi connectivity index (χ2v) is 4.83. The van der Waals surface area contributed by atoms with Gasteiger partial charge in [0.15, 0.2) is 0 Å². The number of nitrogens with two attached hydrogens (primary N) is 1. The first-order valence-electron chi connectivity index (χ1n) is 5.57. The summed E-state index contributed by atoms with van der Waals surface area (Å²) in [6.07, 6.45) is 2.24. The van der Waals surface area contributed by atoms with Crippen LogP contribution in [0.1, 0.15) is 39.6 Å². The quantitative estimate of drug-likeness (QED) is 0.818. The molecule has 0 bridgehead atoms. The Morgan fingerprint density at radius 2 is 2.12 bits per heavy atom. The molecule has 92 valence electrons. The Morgan fingerprint density at radius 3 is 2.62 bits per heavy atom. The van der Waals surface area contributed by atoms with Gasteiger partial charge in [-0.15, -0.1) is 0 Å². The van der Waals surface area contributed by atoms with E-state index in [1.165, 1.54) is 0 Å².